The Labute approximate surface area is 151 Å². The molecule has 1 aliphatic carbocycles. The fraction of sp³-hybridized carbons (Fsp3) is 0.667. The highest BCUT2D eigenvalue weighted by atomic mass is 16.5. The number of rotatable bonds is 4. The van der Waals surface area contributed by atoms with Crippen molar-refractivity contribution in [3.05, 3.63) is 35.4 Å². The van der Waals surface area contributed by atoms with E-state index >= 15 is 0 Å². The minimum Gasteiger partial charge on any atom is -0.378 e. The predicted molar refractivity (Wildman–Crippen MR) is 98.6 cm³/mol. The molecule has 3 aliphatic rings. The van der Waals surface area contributed by atoms with E-state index in [0.29, 0.717) is 25.2 Å². The molecular formula is C21H30N2O2. The van der Waals surface area contributed by atoms with Crippen molar-refractivity contribution in [1.82, 2.24) is 9.80 Å². The van der Waals surface area contributed by atoms with E-state index in [4.69, 9.17) is 4.74 Å². The summed E-state index contributed by atoms with van der Waals surface area (Å²) in [4.78, 5) is 17.0. The van der Waals surface area contributed by atoms with Crippen LogP contribution in [0.2, 0.25) is 0 Å². The molecule has 1 aromatic carbocycles. The zero-order valence-electron chi connectivity index (χ0n) is 15.2. The number of carbonyl (C=O) groups excluding carboxylic acids is 1. The molecular weight excluding hydrogens is 312 g/mol. The molecule has 0 unspecified atom stereocenters. The average Bonchev–Trinajstić information content (AvgIpc) is 3.11. The van der Waals surface area contributed by atoms with Crippen LogP contribution in [0.15, 0.2) is 24.3 Å². The van der Waals surface area contributed by atoms with Gasteiger partial charge in [-0.05, 0) is 62.2 Å². The quantitative estimate of drug-likeness (QED) is 0.843. The van der Waals surface area contributed by atoms with E-state index < -0.39 is 0 Å². The number of benzene rings is 1. The van der Waals surface area contributed by atoms with Gasteiger partial charge in [0, 0.05) is 25.6 Å². The van der Waals surface area contributed by atoms with Gasteiger partial charge in [-0.1, -0.05) is 24.3 Å². The number of hydrogen-bond acceptors (Lipinski definition) is 3. The van der Waals surface area contributed by atoms with Crippen molar-refractivity contribution < 1.29 is 9.53 Å². The fourth-order valence-electron chi connectivity index (χ4n) is 4.70. The van der Waals surface area contributed by atoms with Crippen molar-refractivity contribution in [3.8, 4) is 0 Å². The monoisotopic (exact) mass is 342 g/mol. The molecule has 4 rings (SSSR count). The van der Waals surface area contributed by atoms with Gasteiger partial charge >= 0.3 is 0 Å². The Morgan fingerprint density at radius 2 is 1.64 bits per heavy atom. The first kappa shape index (κ1) is 17.0. The van der Waals surface area contributed by atoms with Crippen LogP contribution in [-0.2, 0) is 22.4 Å². The second-order valence-electron chi connectivity index (χ2n) is 7.84. The number of ether oxygens (including phenoxy) is 1. The molecule has 2 saturated heterocycles. The maximum Gasteiger partial charge on any atom is 0.222 e. The van der Waals surface area contributed by atoms with Gasteiger partial charge in [0.05, 0.1) is 13.2 Å². The number of fused-ring (bicyclic) bond motifs is 1. The van der Waals surface area contributed by atoms with Crippen molar-refractivity contribution in [2.24, 2.45) is 5.92 Å². The van der Waals surface area contributed by atoms with Crippen LogP contribution >= 0.6 is 0 Å². The van der Waals surface area contributed by atoms with Crippen molar-refractivity contribution in [1.29, 1.82) is 0 Å². The van der Waals surface area contributed by atoms with E-state index in [0.717, 1.165) is 31.8 Å². The predicted octanol–water partition coefficient (Wildman–Crippen LogP) is 2.50. The van der Waals surface area contributed by atoms with Gasteiger partial charge in [-0.25, -0.2) is 0 Å². The Morgan fingerprint density at radius 3 is 2.28 bits per heavy atom. The topological polar surface area (TPSA) is 32.8 Å². The van der Waals surface area contributed by atoms with E-state index in [2.05, 4.69) is 29.2 Å². The molecule has 136 valence electrons. The zero-order chi connectivity index (χ0) is 17.1. The van der Waals surface area contributed by atoms with Gasteiger partial charge in [0.2, 0.25) is 5.91 Å². The van der Waals surface area contributed by atoms with Gasteiger partial charge in [0.15, 0.2) is 0 Å². The third-order valence-electron chi connectivity index (χ3n) is 6.33. The molecule has 2 fully saturated rings. The van der Waals surface area contributed by atoms with Gasteiger partial charge in [0.25, 0.3) is 0 Å². The minimum atomic E-state index is 0.331. The molecule has 2 heterocycles. The summed E-state index contributed by atoms with van der Waals surface area (Å²) in [7, 11) is 0. The van der Waals surface area contributed by atoms with Crippen molar-refractivity contribution in [2.45, 2.75) is 44.6 Å². The van der Waals surface area contributed by atoms with Crippen LogP contribution in [0.1, 0.15) is 36.8 Å². The molecule has 4 heteroatoms. The van der Waals surface area contributed by atoms with Gasteiger partial charge in [0.1, 0.15) is 0 Å². The van der Waals surface area contributed by atoms with Crippen molar-refractivity contribution in [2.75, 3.05) is 39.4 Å². The molecule has 0 spiro atoms. The van der Waals surface area contributed by atoms with Crippen molar-refractivity contribution >= 4 is 5.91 Å². The zero-order valence-corrected chi connectivity index (χ0v) is 15.2. The third kappa shape index (κ3) is 4.06. The number of likely N-dealkylation sites (tertiary alicyclic amines) is 1. The van der Waals surface area contributed by atoms with Crippen LogP contribution in [0.25, 0.3) is 0 Å². The van der Waals surface area contributed by atoms with E-state index in [1.807, 2.05) is 4.90 Å². The highest BCUT2D eigenvalue weighted by Crippen LogP contribution is 2.30. The summed E-state index contributed by atoms with van der Waals surface area (Å²) in [5.41, 5.74) is 3.09. The van der Waals surface area contributed by atoms with Crippen LogP contribution in [0.3, 0.4) is 0 Å². The Bertz CT molecular complexity index is 564. The van der Waals surface area contributed by atoms with Crippen LogP contribution in [0.5, 0.6) is 0 Å². The summed E-state index contributed by atoms with van der Waals surface area (Å²) < 4.78 is 5.33. The first-order valence-corrected chi connectivity index (χ1v) is 9.96. The van der Waals surface area contributed by atoms with E-state index in [-0.39, 0.29) is 0 Å². The van der Waals surface area contributed by atoms with Gasteiger partial charge in [-0.3, -0.25) is 9.69 Å². The number of morpholine rings is 1. The normalized spacial score (nSPS) is 23.0. The maximum atomic E-state index is 12.3. The van der Waals surface area contributed by atoms with E-state index in [1.165, 1.54) is 38.8 Å². The third-order valence-corrected chi connectivity index (χ3v) is 6.33. The summed E-state index contributed by atoms with van der Waals surface area (Å²) in [5, 5.41) is 0. The molecule has 1 aromatic rings. The average molecular weight is 342 g/mol. The highest BCUT2D eigenvalue weighted by Gasteiger charge is 2.30. The molecule has 0 atom stereocenters. The summed E-state index contributed by atoms with van der Waals surface area (Å²) in [6.45, 7) is 5.37. The molecule has 25 heavy (non-hydrogen) atoms. The van der Waals surface area contributed by atoms with Crippen molar-refractivity contribution in [3.63, 3.8) is 0 Å². The van der Waals surface area contributed by atoms with Gasteiger partial charge < -0.3 is 9.64 Å². The second kappa shape index (κ2) is 7.88. The van der Waals surface area contributed by atoms with E-state index in [1.54, 1.807) is 11.1 Å². The lowest BCUT2D eigenvalue weighted by Crippen LogP contribution is -2.43. The number of hydrogen-bond donors (Lipinski definition) is 0. The lowest BCUT2D eigenvalue weighted by molar-refractivity contribution is -0.135. The summed E-state index contributed by atoms with van der Waals surface area (Å²) in [5.74, 6) is 1.06. The number of piperidine rings is 1. The Kier molecular flexibility index (Phi) is 5.37. The first-order chi connectivity index (χ1) is 12.3. The van der Waals surface area contributed by atoms with Crippen LogP contribution in [0, 0.1) is 5.92 Å². The van der Waals surface area contributed by atoms with Crippen LogP contribution in [-0.4, -0.2) is 61.1 Å². The largest absolute Gasteiger partial charge is 0.378 e. The first-order valence-electron chi connectivity index (χ1n) is 9.96. The highest BCUT2D eigenvalue weighted by molar-refractivity contribution is 5.76. The van der Waals surface area contributed by atoms with Gasteiger partial charge in [-0.15, -0.1) is 0 Å². The number of nitrogens with zero attached hydrogens (tertiary/aromatic N) is 2. The summed E-state index contributed by atoms with van der Waals surface area (Å²) in [6.07, 6.45) is 6.73. The Morgan fingerprint density at radius 1 is 1.00 bits per heavy atom. The Hall–Kier alpha value is -1.39. The lowest BCUT2D eigenvalue weighted by Gasteiger charge is -2.36. The molecule has 4 nitrogen and oxygen atoms in total. The van der Waals surface area contributed by atoms with Gasteiger partial charge in [-0.2, -0.15) is 0 Å². The summed E-state index contributed by atoms with van der Waals surface area (Å²) in [6, 6.07) is 9.62. The molecule has 0 bridgehead atoms. The standard InChI is InChI=1S/C21H30N2O2/c24-21(23-11-13-25-14-12-23)6-5-17-7-9-22(10-8-17)20-15-18-3-1-2-4-19(18)16-20/h1-4,17,20H,5-16H2. The SMILES string of the molecule is O=C(CCC1CCN(C2Cc3ccccc3C2)CC1)N1CCOCC1. The van der Waals surface area contributed by atoms with E-state index in [9.17, 15) is 4.79 Å². The number of carbonyl (C=O) groups is 1. The minimum absolute atomic E-state index is 0.331. The van der Waals surface area contributed by atoms with Crippen LogP contribution in [0.4, 0.5) is 0 Å². The fourth-order valence-corrected chi connectivity index (χ4v) is 4.70. The molecule has 2 aliphatic heterocycles. The lowest BCUT2D eigenvalue weighted by atomic mass is 9.91. The molecule has 0 saturated carbocycles. The second-order valence-corrected chi connectivity index (χ2v) is 7.84. The maximum absolute atomic E-state index is 12.3. The Balaban J connectivity index is 1.19. The smallest absolute Gasteiger partial charge is 0.222 e. The molecule has 0 N–H and O–H groups in total. The molecule has 0 aromatic heterocycles. The molecule has 1 amide bonds. The molecule has 0 radical (unpaired) electrons. The summed E-state index contributed by atoms with van der Waals surface area (Å²) >= 11 is 0. The van der Waals surface area contributed by atoms with Crippen LogP contribution < -0.4 is 0 Å². The number of amides is 1.